The highest BCUT2D eigenvalue weighted by molar-refractivity contribution is 5.93. The van der Waals surface area contributed by atoms with Gasteiger partial charge in [-0.1, -0.05) is 24.6 Å². The van der Waals surface area contributed by atoms with E-state index in [9.17, 15) is 13.6 Å². The molecule has 1 N–H and O–H groups in total. The molecule has 5 nitrogen and oxygen atoms in total. The second-order valence-corrected chi connectivity index (χ2v) is 7.42. The van der Waals surface area contributed by atoms with Crippen LogP contribution < -0.4 is 0 Å². The molecule has 1 aromatic heterocycles. The van der Waals surface area contributed by atoms with Gasteiger partial charge in [-0.05, 0) is 50.5 Å². The zero-order valence-electron chi connectivity index (χ0n) is 17.3. The van der Waals surface area contributed by atoms with E-state index in [1.54, 1.807) is 24.3 Å². The van der Waals surface area contributed by atoms with E-state index in [0.29, 0.717) is 30.9 Å². The molecule has 1 heterocycles. The fraction of sp³-hybridized carbons (Fsp3) is 0.435. The van der Waals surface area contributed by atoms with E-state index in [2.05, 4.69) is 15.2 Å². The predicted molar refractivity (Wildman–Crippen MR) is 115 cm³/mol. The van der Waals surface area contributed by atoms with Crippen molar-refractivity contribution in [2.24, 2.45) is 0 Å². The molecule has 0 spiro atoms. The standard InChI is InChI=1S/C23H28F2N4O.H2/c1-2-29(23(30)18-7-6-8-19(24)15-12-18)16-5-3-4-9-21-26-22(28-27-21)17-10-13-20(25)14-11-17;/h6,8,10-14,19H,2-5,7,9,15-16H2,1H3,(H,26,27,28);1H. The molecule has 0 radical (unpaired) electrons. The first-order valence-corrected chi connectivity index (χ1v) is 10.5. The summed E-state index contributed by atoms with van der Waals surface area (Å²) in [6, 6.07) is 6.10. The first kappa shape index (κ1) is 21.9. The van der Waals surface area contributed by atoms with Crippen LogP contribution in [0, 0.1) is 5.82 Å². The smallest absolute Gasteiger partial charge is 0.249 e. The molecule has 0 saturated carbocycles. The molecule has 7 heteroatoms. The van der Waals surface area contributed by atoms with Crippen LogP contribution in [0.5, 0.6) is 0 Å². The third-order valence-corrected chi connectivity index (χ3v) is 5.19. The predicted octanol–water partition coefficient (Wildman–Crippen LogP) is 5.03. The van der Waals surface area contributed by atoms with Gasteiger partial charge in [0.25, 0.3) is 0 Å². The van der Waals surface area contributed by atoms with Crippen LogP contribution in [0.15, 0.2) is 48.1 Å². The van der Waals surface area contributed by atoms with Gasteiger partial charge in [-0.2, -0.15) is 5.10 Å². The Bertz CT molecular complexity index is 895. The lowest BCUT2D eigenvalue weighted by Crippen LogP contribution is -2.32. The van der Waals surface area contributed by atoms with Crippen molar-refractivity contribution in [3.05, 3.63) is 59.7 Å². The third-order valence-electron chi connectivity index (χ3n) is 5.19. The van der Waals surface area contributed by atoms with Crippen molar-refractivity contribution in [1.82, 2.24) is 20.1 Å². The molecule has 1 atom stereocenters. The number of nitrogens with zero attached hydrogens (tertiary/aromatic N) is 3. The number of benzene rings is 1. The van der Waals surface area contributed by atoms with Crippen LogP contribution in [0.1, 0.15) is 46.3 Å². The van der Waals surface area contributed by atoms with Crippen molar-refractivity contribution in [1.29, 1.82) is 0 Å². The van der Waals surface area contributed by atoms with E-state index in [1.165, 1.54) is 18.2 Å². The Morgan fingerprint density at radius 1 is 1.27 bits per heavy atom. The molecular weight excluding hydrogens is 386 g/mol. The number of halogens is 2. The van der Waals surface area contributed by atoms with Crippen LogP contribution in [-0.2, 0) is 11.2 Å². The van der Waals surface area contributed by atoms with Gasteiger partial charge in [-0.3, -0.25) is 9.89 Å². The maximum atomic E-state index is 13.4. The average molecular weight is 417 g/mol. The molecule has 1 amide bonds. The van der Waals surface area contributed by atoms with E-state index in [1.807, 2.05) is 11.8 Å². The van der Waals surface area contributed by atoms with Crippen LogP contribution >= 0.6 is 0 Å². The highest BCUT2D eigenvalue weighted by Gasteiger charge is 2.17. The molecule has 162 valence electrons. The number of unbranched alkanes of at least 4 members (excludes halogenated alkanes) is 2. The summed E-state index contributed by atoms with van der Waals surface area (Å²) in [6.07, 6.45) is 8.33. The number of allylic oxidation sites excluding steroid dienone is 3. The number of aromatic nitrogens is 3. The van der Waals surface area contributed by atoms with E-state index in [0.717, 1.165) is 37.1 Å². The number of amides is 1. The van der Waals surface area contributed by atoms with Gasteiger partial charge in [-0.15, -0.1) is 0 Å². The number of nitrogens with one attached hydrogen (secondary N) is 1. The van der Waals surface area contributed by atoms with Crippen molar-refractivity contribution < 1.29 is 15.0 Å². The van der Waals surface area contributed by atoms with Crippen molar-refractivity contribution in [3.8, 4) is 11.4 Å². The first-order valence-electron chi connectivity index (χ1n) is 10.5. The summed E-state index contributed by atoms with van der Waals surface area (Å²) in [5.41, 5.74) is 1.46. The van der Waals surface area contributed by atoms with Gasteiger partial charge in [0, 0.05) is 38.5 Å². The molecule has 0 bridgehead atoms. The lowest BCUT2D eigenvalue weighted by Gasteiger charge is -2.22. The number of hydrogen-bond acceptors (Lipinski definition) is 3. The van der Waals surface area contributed by atoms with Crippen LogP contribution in [0.3, 0.4) is 0 Å². The summed E-state index contributed by atoms with van der Waals surface area (Å²) >= 11 is 0. The van der Waals surface area contributed by atoms with Gasteiger partial charge in [0.1, 0.15) is 17.8 Å². The van der Waals surface area contributed by atoms with Gasteiger partial charge < -0.3 is 4.90 Å². The summed E-state index contributed by atoms with van der Waals surface area (Å²) in [5, 5.41) is 7.13. The second-order valence-electron chi connectivity index (χ2n) is 7.42. The highest BCUT2D eigenvalue weighted by atomic mass is 19.1. The third kappa shape index (κ3) is 6.08. The van der Waals surface area contributed by atoms with Crippen molar-refractivity contribution in [2.75, 3.05) is 13.1 Å². The van der Waals surface area contributed by atoms with E-state index in [-0.39, 0.29) is 19.6 Å². The summed E-state index contributed by atoms with van der Waals surface area (Å²) in [7, 11) is 0. The number of H-pyrrole nitrogens is 1. The SMILES string of the molecule is CCN(CCCCCc1nc(-c2ccc(F)cc2)n[nH]1)C(=O)C1=CCC(F)C=CC1.[HH]. The molecule has 1 unspecified atom stereocenters. The minimum Gasteiger partial charge on any atom is -0.339 e. The maximum Gasteiger partial charge on any atom is 0.249 e. The molecular formula is C23H30F2N4O. The summed E-state index contributed by atoms with van der Waals surface area (Å²) in [6.45, 7) is 3.29. The van der Waals surface area contributed by atoms with Crippen LogP contribution in [0.2, 0.25) is 0 Å². The van der Waals surface area contributed by atoms with Gasteiger partial charge >= 0.3 is 0 Å². The van der Waals surface area contributed by atoms with E-state index >= 15 is 0 Å². The van der Waals surface area contributed by atoms with Crippen molar-refractivity contribution >= 4 is 5.91 Å². The molecule has 1 aromatic carbocycles. The number of likely N-dealkylation sites (N-methyl/N-ethyl adjacent to an activating group) is 1. The average Bonchev–Trinajstić information content (AvgIpc) is 3.11. The van der Waals surface area contributed by atoms with Crippen molar-refractivity contribution in [2.45, 2.75) is 51.6 Å². The molecule has 0 fully saturated rings. The van der Waals surface area contributed by atoms with E-state index < -0.39 is 6.17 Å². The number of hydrogen-bond donors (Lipinski definition) is 1. The molecule has 1 aliphatic rings. The Hall–Kier alpha value is -2.83. The molecule has 2 aromatic rings. The fourth-order valence-electron chi connectivity index (χ4n) is 3.45. The van der Waals surface area contributed by atoms with Crippen LogP contribution in [0.25, 0.3) is 11.4 Å². The quantitative estimate of drug-likeness (QED) is 0.461. The molecule has 0 saturated heterocycles. The Labute approximate surface area is 177 Å². The fourth-order valence-corrected chi connectivity index (χ4v) is 3.45. The maximum absolute atomic E-state index is 13.4. The number of carbonyl (C=O) groups excluding carboxylic acids is 1. The normalized spacial score (nSPS) is 16.2. The largest absolute Gasteiger partial charge is 0.339 e. The molecule has 1 aliphatic carbocycles. The Balaban J connectivity index is 0.00000341. The number of aryl methyl sites for hydroxylation is 1. The lowest BCUT2D eigenvalue weighted by atomic mass is 10.1. The monoisotopic (exact) mass is 416 g/mol. The van der Waals surface area contributed by atoms with Crippen LogP contribution in [0.4, 0.5) is 8.78 Å². The Morgan fingerprint density at radius 2 is 2.07 bits per heavy atom. The van der Waals surface area contributed by atoms with Gasteiger partial charge in [0.15, 0.2) is 5.82 Å². The van der Waals surface area contributed by atoms with Crippen LogP contribution in [-0.4, -0.2) is 45.2 Å². The minimum atomic E-state index is -0.995. The molecule has 0 aliphatic heterocycles. The Morgan fingerprint density at radius 3 is 2.83 bits per heavy atom. The zero-order chi connectivity index (χ0) is 21.3. The summed E-state index contributed by atoms with van der Waals surface area (Å²) in [5.74, 6) is 1.09. The highest BCUT2D eigenvalue weighted by Crippen LogP contribution is 2.18. The summed E-state index contributed by atoms with van der Waals surface area (Å²) in [4.78, 5) is 19.0. The van der Waals surface area contributed by atoms with Gasteiger partial charge in [-0.25, -0.2) is 13.8 Å². The van der Waals surface area contributed by atoms with Gasteiger partial charge in [0.05, 0.1) is 0 Å². The molecule has 30 heavy (non-hydrogen) atoms. The number of rotatable bonds is 9. The summed E-state index contributed by atoms with van der Waals surface area (Å²) < 4.78 is 26.4. The first-order chi connectivity index (χ1) is 14.6. The lowest BCUT2D eigenvalue weighted by molar-refractivity contribution is -0.127. The Kier molecular flexibility index (Phi) is 7.88. The molecule has 3 rings (SSSR count). The number of aromatic amines is 1. The van der Waals surface area contributed by atoms with Gasteiger partial charge in [0.2, 0.25) is 5.91 Å². The minimum absolute atomic E-state index is 0. The zero-order valence-corrected chi connectivity index (χ0v) is 17.3. The number of carbonyl (C=O) groups is 1. The topological polar surface area (TPSA) is 61.9 Å². The van der Waals surface area contributed by atoms with E-state index in [4.69, 9.17) is 0 Å². The number of alkyl halides is 1. The van der Waals surface area contributed by atoms with Crippen molar-refractivity contribution in [3.63, 3.8) is 0 Å². The second kappa shape index (κ2) is 10.8.